The van der Waals surface area contributed by atoms with Crippen LogP contribution in [0.4, 0.5) is 26.7 Å². The Morgan fingerprint density at radius 3 is 2.54 bits per heavy atom. The molecule has 1 aromatic carbocycles. The molecule has 2 amide bonds. The Morgan fingerprint density at radius 1 is 1.25 bits per heavy atom. The number of carbonyl (C=O) groups excluding carboxylic acids is 1. The number of benzene rings is 1. The molecule has 3 nitrogen and oxygen atoms in total. The molecule has 1 atom stereocenters. The van der Waals surface area contributed by atoms with Crippen LogP contribution < -0.4 is 10.6 Å². The molecular formula is C16H17F5N2O. The first-order valence-corrected chi connectivity index (χ1v) is 7.68. The predicted octanol–water partition coefficient (Wildman–Crippen LogP) is 4.15. The van der Waals surface area contributed by atoms with Gasteiger partial charge in [-0.15, -0.1) is 0 Å². The Labute approximate surface area is 135 Å². The van der Waals surface area contributed by atoms with Gasteiger partial charge in [0.15, 0.2) is 0 Å². The Morgan fingerprint density at radius 2 is 1.96 bits per heavy atom. The highest BCUT2D eigenvalue weighted by molar-refractivity contribution is 5.74. The van der Waals surface area contributed by atoms with Crippen LogP contribution in [0.2, 0.25) is 0 Å². The fourth-order valence-electron chi connectivity index (χ4n) is 3.74. The summed E-state index contributed by atoms with van der Waals surface area (Å²) in [6.45, 7) is 0.0359. The van der Waals surface area contributed by atoms with Crippen LogP contribution in [-0.2, 0) is 6.54 Å². The number of hydrogen-bond donors (Lipinski definition) is 2. The summed E-state index contributed by atoms with van der Waals surface area (Å²) in [4.78, 5) is 11.9. The van der Waals surface area contributed by atoms with Gasteiger partial charge in [0.2, 0.25) is 0 Å². The van der Waals surface area contributed by atoms with E-state index in [9.17, 15) is 26.7 Å². The van der Waals surface area contributed by atoms with Gasteiger partial charge in [-0.2, -0.15) is 13.2 Å². The standard InChI is InChI=1S/C16H17F5N2O/c17-13(18)10-3-1-2-9(4-10)8-22-14(24)23-12-7-15(16(19,20)21)5-11(12)6-15/h1-4,11-13H,5-8H2,(H2,22,23,24)/t11?,12-,15?/m1/s1. The molecule has 0 aliphatic heterocycles. The highest BCUT2D eigenvalue weighted by Crippen LogP contribution is 2.65. The van der Waals surface area contributed by atoms with Crippen molar-refractivity contribution in [2.45, 2.75) is 44.5 Å². The number of hydrogen-bond acceptors (Lipinski definition) is 1. The molecule has 3 aliphatic rings. The van der Waals surface area contributed by atoms with Gasteiger partial charge in [0.05, 0.1) is 5.41 Å². The van der Waals surface area contributed by atoms with E-state index in [1.807, 2.05) is 0 Å². The lowest BCUT2D eigenvalue weighted by Gasteiger charge is -2.39. The predicted molar refractivity (Wildman–Crippen MR) is 76.4 cm³/mol. The normalized spacial score (nSPS) is 28.6. The maximum absolute atomic E-state index is 13.0. The van der Waals surface area contributed by atoms with Crippen molar-refractivity contribution in [2.75, 3.05) is 0 Å². The van der Waals surface area contributed by atoms with Gasteiger partial charge in [0.25, 0.3) is 6.43 Å². The summed E-state index contributed by atoms with van der Waals surface area (Å²) in [6, 6.07) is 4.57. The van der Waals surface area contributed by atoms with E-state index in [4.69, 9.17) is 0 Å². The lowest BCUT2D eigenvalue weighted by Crippen LogP contribution is -2.44. The number of carbonyl (C=O) groups is 1. The first-order chi connectivity index (χ1) is 11.2. The Kier molecular flexibility index (Phi) is 4.17. The fraction of sp³-hybridized carbons (Fsp3) is 0.562. The van der Waals surface area contributed by atoms with Crippen molar-refractivity contribution in [3.05, 3.63) is 35.4 Å². The lowest BCUT2D eigenvalue weighted by molar-refractivity contribution is -0.244. The molecule has 3 fully saturated rings. The number of alkyl halides is 5. The van der Waals surface area contributed by atoms with Crippen molar-refractivity contribution >= 4 is 6.03 Å². The zero-order valence-electron chi connectivity index (χ0n) is 12.7. The molecule has 0 aromatic heterocycles. The molecular weight excluding hydrogens is 331 g/mol. The Balaban J connectivity index is 1.50. The third kappa shape index (κ3) is 3.06. The van der Waals surface area contributed by atoms with Gasteiger partial charge < -0.3 is 10.6 Å². The smallest absolute Gasteiger partial charge is 0.335 e. The van der Waals surface area contributed by atoms with Gasteiger partial charge in [0, 0.05) is 18.2 Å². The van der Waals surface area contributed by atoms with Crippen molar-refractivity contribution in [3.63, 3.8) is 0 Å². The van der Waals surface area contributed by atoms with Crippen LogP contribution >= 0.6 is 0 Å². The molecule has 132 valence electrons. The minimum Gasteiger partial charge on any atom is -0.335 e. The van der Waals surface area contributed by atoms with Crippen LogP contribution in [0.25, 0.3) is 0 Å². The minimum atomic E-state index is -4.23. The summed E-state index contributed by atoms with van der Waals surface area (Å²) >= 11 is 0. The summed E-state index contributed by atoms with van der Waals surface area (Å²) in [5, 5.41) is 5.08. The molecule has 2 bridgehead atoms. The summed E-state index contributed by atoms with van der Waals surface area (Å²) in [6.07, 6.45) is -6.78. The highest BCUT2D eigenvalue weighted by Gasteiger charge is 2.68. The van der Waals surface area contributed by atoms with Gasteiger partial charge >= 0.3 is 12.2 Å². The number of fused-ring (bicyclic) bond motifs is 1. The van der Waals surface area contributed by atoms with E-state index >= 15 is 0 Å². The molecule has 4 rings (SSSR count). The van der Waals surface area contributed by atoms with E-state index in [2.05, 4.69) is 10.6 Å². The van der Waals surface area contributed by atoms with Gasteiger partial charge in [-0.05, 0) is 36.8 Å². The van der Waals surface area contributed by atoms with E-state index in [1.54, 1.807) is 6.07 Å². The molecule has 0 unspecified atom stereocenters. The molecule has 3 saturated carbocycles. The van der Waals surface area contributed by atoms with Gasteiger partial charge in [0.1, 0.15) is 0 Å². The Hall–Kier alpha value is -1.86. The second kappa shape index (κ2) is 5.89. The lowest BCUT2D eigenvalue weighted by atomic mass is 9.69. The van der Waals surface area contributed by atoms with Crippen LogP contribution in [0.3, 0.4) is 0 Å². The van der Waals surface area contributed by atoms with E-state index in [0.29, 0.717) is 5.56 Å². The van der Waals surface area contributed by atoms with E-state index in [1.165, 1.54) is 18.2 Å². The first kappa shape index (κ1) is 17.0. The maximum Gasteiger partial charge on any atom is 0.394 e. The summed E-state index contributed by atoms with van der Waals surface area (Å²) in [5.41, 5.74) is -1.27. The van der Waals surface area contributed by atoms with Crippen molar-refractivity contribution in [1.29, 1.82) is 0 Å². The number of urea groups is 1. The van der Waals surface area contributed by atoms with E-state index < -0.39 is 30.1 Å². The molecule has 0 saturated heterocycles. The topological polar surface area (TPSA) is 41.1 Å². The number of amides is 2. The SMILES string of the molecule is O=C(NCc1cccc(C(F)F)c1)N[C@@H]1CC2(C(F)(F)F)CC1C2. The van der Waals surface area contributed by atoms with Crippen molar-refractivity contribution in [3.8, 4) is 0 Å². The van der Waals surface area contributed by atoms with E-state index in [-0.39, 0.29) is 37.3 Å². The molecule has 24 heavy (non-hydrogen) atoms. The summed E-state index contributed by atoms with van der Waals surface area (Å²) < 4.78 is 64.1. The van der Waals surface area contributed by atoms with Crippen LogP contribution in [0.1, 0.15) is 36.8 Å². The van der Waals surface area contributed by atoms with Crippen LogP contribution in [0.15, 0.2) is 24.3 Å². The van der Waals surface area contributed by atoms with Crippen molar-refractivity contribution in [1.82, 2.24) is 10.6 Å². The first-order valence-electron chi connectivity index (χ1n) is 7.68. The average Bonchev–Trinajstić information content (AvgIpc) is 3.00. The average molecular weight is 348 g/mol. The Bertz CT molecular complexity index is 625. The van der Waals surface area contributed by atoms with Crippen molar-refractivity contribution in [2.24, 2.45) is 11.3 Å². The van der Waals surface area contributed by atoms with Crippen molar-refractivity contribution < 1.29 is 26.7 Å². The molecule has 0 heterocycles. The van der Waals surface area contributed by atoms with Gasteiger partial charge in [-0.1, -0.05) is 18.2 Å². The second-order valence-corrected chi connectivity index (χ2v) is 6.63. The molecule has 8 heteroatoms. The minimum absolute atomic E-state index is 0.0359. The number of rotatable bonds is 4. The third-order valence-electron chi connectivity index (χ3n) is 5.06. The fourth-order valence-corrected chi connectivity index (χ4v) is 3.74. The van der Waals surface area contributed by atoms with Crippen LogP contribution in [0, 0.1) is 11.3 Å². The van der Waals surface area contributed by atoms with Gasteiger partial charge in [-0.25, -0.2) is 13.6 Å². The third-order valence-corrected chi connectivity index (χ3v) is 5.06. The molecule has 3 aliphatic carbocycles. The van der Waals surface area contributed by atoms with Gasteiger partial charge in [-0.3, -0.25) is 0 Å². The number of halogens is 5. The summed E-state index contributed by atoms with van der Waals surface area (Å²) in [5.74, 6) is -0.139. The molecule has 1 aromatic rings. The largest absolute Gasteiger partial charge is 0.394 e. The summed E-state index contributed by atoms with van der Waals surface area (Å²) in [7, 11) is 0. The van der Waals surface area contributed by atoms with E-state index in [0.717, 1.165) is 0 Å². The molecule has 0 spiro atoms. The zero-order valence-corrected chi connectivity index (χ0v) is 12.7. The number of nitrogens with one attached hydrogen (secondary N) is 2. The second-order valence-electron chi connectivity index (χ2n) is 6.63. The van der Waals surface area contributed by atoms with Crippen LogP contribution in [-0.4, -0.2) is 18.2 Å². The van der Waals surface area contributed by atoms with Crippen LogP contribution in [0.5, 0.6) is 0 Å². The highest BCUT2D eigenvalue weighted by atomic mass is 19.4. The maximum atomic E-state index is 13.0. The monoisotopic (exact) mass is 348 g/mol. The quantitative estimate of drug-likeness (QED) is 0.789. The molecule has 0 radical (unpaired) electrons. The zero-order chi connectivity index (χ0) is 17.5. The molecule has 2 N–H and O–H groups in total.